The topological polar surface area (TPSA) is 29.5 Å². The maximum atomic E-state index is 13.7. The molecule has 0 aliphatic carbocycles. The van der Waals surface area contributed by atoms with Gasteiger partial charge in [0.2, 0.25) is 0 Å². The lowest BCUT2D eigenvalue weighted by Crippen LogP contribution is -2.00. The molecule has 0 bridgehead atoms. The molecule has 0 saturated carbocycles. The van der Waals surface area contributed by atoms with Gasteiger partial charge >= 0.3 is 0 Å². The van der Waals surface area contributed by atoms with Crippen molar-refractivity contribution in [2.75, 3.05) is 0 Å². The Balaban J connectivity index is 2.11. The van der Waals surface area contributed by atoms with Crippen LogP contribution in [0, 0.1) is 12.7 Å². The summed E-state index contributed by atoms with van der Waals surface area (Å²) in [6.45, 7) is 3.79. The van der Waals surface area contributed by atoms with Crippen molar-refractivity contribution in [3.63, 3.8) is 0 Å². The molecule has 2 rings (SSSR count). The molecule has 4 heteroatoms. The van der Waals surface area contributed by atoms with Crippen LogP contribution in [-0.4, -0.2) is 5.11 Å². The minimum absolute atomic E-state index is 0.175. The molecule has 0 radical (unpaired) electrons. The summed E-state index contributed by atoms with van der Waals surface area (Å²) in [5.74, 6) is 0.398. The number of benzene rings is 2. The highest BCUT2D eigenvalue weighted by atomic mass is 79.9. The number of aliphatic hydroxyl groups excluding tert-OH is 1. The Morgan fingerprint density at radius 2 is 2.00 bits per heavy atom. The number of halogens is 2. The van der Waals surface area contributed by atoms with Crippen molar-refractivity contribution < 1.29 is 14.2 Å². The lowest BCUT2D eigenvalue weighted by atomic mass is 10.1. The van der Waals surface area contributed by atoms with Crippen molar-refractivity contribution in [1.82, 2.24) is 0 Å². The lowest BCUT2D eigenvalue weighted by Gasteiger charge is -2.12. The van der Waals surface area contributed by atoms with Crippen molar-refractivity contribution in [2.24, 2.45) is 0 Å². The van der Waals surface area contributed by atoms with Crippen LogP contribution in [0.3, 0.4) is 0 Å². The molecule has 0 aliphatic heterocycles. The molecule has 0 aliphatic rings. The second-order valence-corrected chi connectivity index (χ2v) is 5.64. The van der Waals surface area contributed by atoms with Crippen LogP contribution in [0.15, 0.2) is 40.9 Å². The minimum atomic E-state index is -0.508. The van der Waals surface area contributed by atoms with Gasteiger partial charge in [0, 0.05) is 10.0 Å². The largest absolute Gasteiger partial charge is 0.489 e. The van der Waals surface area contributed by atoms with Gasteiger partial charge in [-0.3, -0.25) is 0 Å². The number of aryl methyl sites for hydroxylation is 1. The Morgan fingerprint density at radius 1 is 1.25 bits per heavy atom. The van der Waals surface area contributed by atoms with Crippen LogP contribution >= 0.6 is 15.9 Å². The van der Waals surface area contributed by atoms with Gasteiger partial charge in [0.05, 0.1) is 6.10 Å². The highest BCUT2D eigenvalue weighted by Gasteiger charge is 2.07. The first-order valence-corrected chi connectivity index (χ1v) is 7.12. The molecular formula is C16H16BrFO2. The number of hydrogen-bond donors (Lipinski definition) is 1. The van der Waals surface area contributed by atoms with Crippen LogP contribution in [0.1, 0.15) is 29.7 Å². The summed E-state index contributed by atoms with van der Waals surface area (Å²) in [4.78, 5) is 0. The Kier molecular flexibility index (Phi) is 4.78. The molecule has 2 aromatic rings. The first-order valence-electron chi connectivity index (χ1n) is 6.32. The van der Waals surface area contributed by atoms with E-state index in [0.29, 0.717) is 15.8 Å². The zero-order valence-electron chi connectivity index (χ0n) is 11.4. The number of hydrogen-bond acceptors (Lipinski definition) is 2. The Labute approximate surface area is 126 Å². The SMILES string of the molecule is Cc1cc(C(C)O)ccc1OCc1ccc(Br)cc1F. The Hall–Kier alpha value is -1.39. The molecule has 0 spiro atoms. The zero-order chi connectivity index (χ0) is 14.7. The Morgan fingerprint density at radius 3 is 2.60 bits per heavy atom. The van der Waals surface area contributed by atoms with E-state index >= 15 is 0 Å². The molecule has 20 heavy (non-hydrogen) atoms. The maximum Gasteiger partial charge on any atom is 0.130 e. The first-order chi connectivity index (χ1) is 9.47. The second-order valence-electron chi connectivity index (χ2n) is 4.73. The third-order valence-electron chi connectivity index (χ3n) is 3.08. The van der Waals surface area contributed by atoms with E-state index in [-0.39, 0.29) is 12.4 Å². The van der Waals surface area contributed by atoms with Crippen LogP contribution < -0.4 is 4.74 Å². The summed E-state index contributed by atoms with van der Waals surface area (Å²) in [5.41, 5.74) is 2.26. The highest BCUT2D eigenvalue weighted by Crippen LogP contribution is 2.24. The van der Waals surface area contributed by atoms with Gasteiger partial charge in [-0.25, -0.2) is 4.39 Å². The molecule has 0 amide bonds. The van der Waals surface area contributed by atoms with Gasteiger partial charge in [-0.2, -0.15) is 0 Å². The molecule has 2 aromatic carbocycles. The summed E-state index contributed by atoms with van der Waals surface area (Å²) in [5, 5.41) is 9.51. The van der Waals surface area contributed by atoms with E-state index in [1.807, 2.05) is 19.1 Å². The second kappa shape index (κ2) is 6.37. The molecule has 1 N–H and O–H groups in total. The minimum Gasteiger partial charge on any atom is -0.489 e. The molecule has 1 atom stereocenters. The van der Waals surface area contributed by atoms with Gasteiger partial charge in [-0.1, -0.05) is 28.1 Å². The number of aliphatic hydroxyl groups is 1. The van der Waals surface area contributed by atoms with E-state index in [0.717, 1.165) is 11.1 Å². The molecule has 2 nitrogen and oxygen atoms in total. The fourth-order valence-corrected chi connectivity index (χ4v) is 2.22. The molecular weight excluding hydrogens is 323 g/mol. The van der Waals surface area contributed by atoms with Gasteiger partial charge in [-0.15, -0.1) is 0 Å². The normalized spacial score (nSPS) is 12.2. The standard InChI is InChI=1S/C16H16BrFO2/c1-10-7-12(11(2)19)4-6-16(10)20-9-13-3-5-14(17)8-15(13)18/h3-8,11,19H,9H2,1-2H3. The summed E-state index contributed by atoms with van der Waals surface area (Å²) in [6, 6.07) is 10.4. The maximum absolute atomic E-state index is 13.7. The summed E-state index contributed by atoms with van der Waals surface area (Å²) < 4.78 is 20.0. The van der Waals surface area contributed by atoms with E-state index in [1.54, 1.807) is 25.1 Å². The summed E-state index contributed by atoms with van der Waals surface area (Å²) in [7, 11) is 0. The van der Waals surface area contributed by atoms with E-state index in [4.69, 9.17) is 4.74 Å². The molecule has 0 saturated heterocycles. The van der Waals surface area contributed by atoms with Crippen LogP contribution in [0.5, 0.6) is 5.75 Å². The van der Waals surface area contributed by atoms with Gasteiger partial charge < -0.3 is 9.84 Å². The van der Waals surface area contributed by atoms with Crippen molar-refractivity contribution in [1.29, 1.82) is 0 Å². The van der Waals surface area contributed by atoms with Crippen LogP contribution in [0.25, 0.3) is 0 Å². The molecule has 0 aromatic heterocycles. The fourth-order valence-electron chi connectivity index (χ4n) is 1.89. The average molecular weight is 339 g/mol. The van der Waals surface area contributed by atoms with Crippen molar-refractivity contribution in [2.45, 2.75) is 26.6 Å². The first kappa shape index (κ1) is 15.0. The van der Waals surface area contributed by atoms with Crippen molar-refractivity contribution in [3.8, 4) is 5.75 Å². The lowest BCUT2D eigenvalue weighted by molar-refractivity contribution is 0.199. The van der Waals surface area contributed by atoms with Gasteiger partial charge in [0.15, 0.2) is 0 Å². The van der Waals surface area contributed by atoms with Gasteiger partial charge in [0.25, 0.3) is 0 Å². The van der Waals surface area contributed by atoms with E-state index in [2.05, 4.69) is 15.9 Å². The van der Waals surface area contributed by atoms with Crippen LogP contribution in [0.4, 0.5) is 4.39 Å². The molecule has 1 unspecified atom stereocenters. The monoisotopic (exact) mass is 338 g/mol. The van der Waals surface area contributed by atoms with Crippen molar-refractivity contribution in [3.05, 3.63) is 63.4 Å². The third kappa shape index (κ3) is 3.58. The number of rotatable bonds is 4. The quantitative estimate of drug-likeness (QED) is 0.887. The predicted molar refractivity (Wildman–Crippen MR) is 80.2 cm³/mol. The Bertz CT molecular complexity index is 611. The summed E-state index contributed by atoms with van der Waals surface area (Å²) in [6.07, 6.45) is -0.508. The van der Waals surface area contributed by atoms with E-state index < -0.39 is 6.10 Å². The van der Waals surface area contributed by atoms with Gasteiger partial charge in [0.1, 0.15) is 18.2 Å². The fraction of sp³-hybridized carbons (Fsp3) is 0.250. The van der Waals surface area contributed by atoms with Crippen molar-refractivity contribution >= 4 is 15.9 Å². The van der Waals surface area contributed by atoms with Crippen LogP contribution in [0.2, 0.25) is 0 Å². The van der Waals surface area contributed by atoms with E-state index in [9.17, 15) is 9.50 Å². The predicted octanol–water partition coefficient (Wildman–Crippen LogP) is 4.53. The molecule has 0 fully saturated rings. The van der Waals surface area contributed by atoms with Crippen LogP contribution in [-0.2, 0) is 6.61 Å². The zero-order valence-corrected chi connectivity index (χ0v) is 12.9. The smallest absolute Gasteiger partial charge is 0.130 e. The number of ether oxygens (including phenoxy) is 1. The summed E-state index contributed by atoms with van der Waals surface area (Å²) >= 11 is 3.22. The molecule has 106 valence electrons. The highest BCUT2D eigenvalue weighted by molar-refractivity contribution is 9.10. The van der Waals surface area contributed by atoms with Gasteiger partial charge in [-0.05, 0) is 49.2 Å². The third-order valence-corrected chi connectivity index (χ3v) is 3.57. The average Bonchev–Trinajstić information content (AvgIpc) is 2.38. The van der Waals surface area contributed by atoms with E-state index in [1.165, 1.54) is 6.07 Å². The molecule has 0 heterocycles.